The van der Waals surface area contributed by atoms with Gasteiger partial charge in [0, 0.05) is 5.57 Å². The van der Waals surface area contributed by atoms with Crippen LogP contribution in [0, 0.1) is 0 Å². The number of carbonyl (C=O) groups is 3. The number of hydrogen-bond acceptors (Lipinski definition) is 6. The van der Waals surface area contributed by atoms with E-state index in [1.807, 2.05) is 6.92 Å². The SMILES string of the molecule is CCCC/C(C(=O)OC)=C(\CC(=O)OC)C(=O)OC. The first kappa shape index (κ1) is 17.2. The van der Waals surface area contributed by atoms with Gasteiger partial charge in [0.2, 0.25) is 0 Å². The van der Waals surface area contributed by atoms with Crippen molar-refractivity contribution in [3.05, 3.63) is 11.1 Å². The van der Waals surface area contributed by atoms with Gasteiger partial charge in [0.05, 0.1) is 33.3 Å². The molecule has 0 amide bonds. The van der Waals surface area contributed by atoms with Crippen molar-refractivity contribution in [2.75, 3.05) is 21.3 Å². The fraction of sp³-hybridized carbons (Fsp3) is 0.615. The normalized spacial score (nSPS) is 11.4. The third-order valence-electron chi connectivity index (χ3n) is 2.56. The van der Waals surface area contributed by atoms with Gasteiger partial charge in [-0.3, -0.25) is 4.79 Å². The monoisotopic (exact) mass is 272 g/mol. The molecule has 108 valence electrons. The Bertz CT molecular complexity index is 369. The number of ether oxygens (including phenoxy) is 3. The van der Waals surface area contributed by atoms with Crippen molar-refractivity contribution in [1.29, 1.82) is 0 Å². The van der Waals surface area contributed by atoms with Crippen molar-refractivity contribution < 1.29 is 28.6 Å². The molecule has 0 rings (SSSR count). The predicted molar refractivity (Wildman–Crippen MR) is 67.2 cm³/mol. The zero-order valence-electron chi connectivity index (χ0n) is 11.8. The van der Waals surface area contributed by atoms with E-state index in [2.05, 4.69) is 14.2 Å². The molecule has 0 aliphatic rings. The molecule has 0 heterocycles. The highest BCUT2D eigenvalue weighted by atomic mass is 16.5. The lowest BCUT2D eigenvalue weighted by Gasteiger charge is -2.11. The highest BCUT2D eigenvalue weighted by Gasteiger charge is 2.24. The van der Waals surface area contributed by atoms with Crippen molar-refractivity contribution in [1.82, 2.24) is 0 Å². The number of esters is 3. The van der Waals surface area contributed by atoms with Gasteiger partial charge in [-0.2, -0.15) is 0 Å². The van der Waals surface area contributed by atoms with Crippen molar-refractivity contribution in [3.63, 3.8) is 0 Å². The van der Waals surface area contributed by atoms with E-state index >= 15 is 0 Å². The molecule has 0 saturated heterocycles. The standard InChI is InChI=1S/C13H20O6/c1-5-6-7-9(12(15)18-3)10(13(16)19-4)8-11(14)17-2/h5-8H2,1-4H3/b10-9-. The van der Waals surface area contributed by atoms with E-state index in [-0.39, 0.29) is 17.6 Å². The Labute approximate surface area is 112 Å². The van der Waals surface area contributed by atoms with E-state index in [9.17, 15) is 14.4 Å². The molecule has 0 N–H and O–H groups in total. The minimum Gasteiger partial charge on any atom is -0.469 e. The molecule has 0 aromatic carbocycles. The molecular weight excluding hydrogens is 252 g/mol. The minimum atomic E-state index is -0.720. The fourth-order valence-electron chi connectivity index (χ4n) is 1.49. The molecular formula is C13H20O6. The molecule has 0 radical (unpaired) electrons. The summed E-state index contributed by atoms with van der Waals surface area (Å²) >= 11 is 0. The summed E-state index contributed by atoms with van der Waals surface area (Å²) in [5, 5.41) is 0. The number of unbranched alkanes of at least 4 members (excludes halogenated alkanes) is 1. The summed E-state index contributed by atoms with van der Waals surface area (Å²) < 4.78 is 13.8. The van der Waals surface area contributed by atoms with Crippen LogP contribution in [0.4, 0.5) is 0 Å². The van der Waals surface area contributed by atoms with Crippen LogP contribution in [0.15, 0.2) is 11.1 Å². The number of hydrogen-bond donors (Lipinski definition) is 0. The number of carbonyl (C=O) groups excluding carboxylic acids is 3. The molecule has 19 heavy (non-hydrogen) atoms. The van der Waals surface area contributed by atoms with Gasteiger partial charge >= 0.3 is 17.9 Å². The zero-order chi connectivity index (χ0) is 14.8. The topological polar surface area (TPSA) is 78.9 Å². The van der Waals surface area contributed by atoms with Crippen LogP contribution in [0.1, 0.15) is 32.6 Å². The van der Waals surface area contributed by atoms with Gasteiger partial charge in [0.15, 0.2) is 0 Å². The number of rotatable bonds is 7. The molecule has 0 atom stereocenters. The van der Waals surface area contributed by atoms with Crippen molar-refractivity contribution >= 4 is 17.9 Å². The van der Waals surface area contributed by atoms with Gasteiger partial charge in [0.1, 0.15) is 0 Å². The van der Waals surface area contributed by atoms with Gasteiger partial charge in [0.25, 0.3) is 0 Å². The first-order chi connectivity index (χ1) is 9.01. The van der Waals surface area contributed by atoms with Crippen LogP contribution in [0.3, 0.4) is 0 Å². The maximum absolute atomic E-state index is 11.7. The summed E-state index contributed by atoms with van der Waals surface area (Å²) in [5.74, 6) is -1.96. The quantitative estimate of drug-likeness (QED) is 0.396. The molecule has 0 fully saturated rings. The van der Waals surface area contributed by atoms with E-state index in [1.54, 1.807) is 0 Å². The van der Waals surface area contributed by atoms with E-state index in [0.717, 1.165) is 6.42 Å². The van der Waals surface area contributed by atoms with Crippen molar-refractivity contribution in [2.45, 2.75) is 32.6 Å². The summed E-state index contributed by atoms with van der Waals surface area (Å²) in [5.41, 5.74) is 0.163. The summed E-state index contributed by atoms with van der Waals surface area (Å²) in [6.07, 6.45) is 1.58. The average molecular weight is 272 g/mol. The Kier molecular flexibility index (Phi) is 8.24. The van der Waals surface area contributed by atoms with Gasteiger partial charge in [-0.05, 0) is 12.8 Å². The molecule has 0 bridgehead atoms. The van der Waals surface area contributed by atoms with Gasteiger partial charge < -0.3 is 14.2 Å². The molecule has 0 saturated carbocycles. The maximum Gasteiger partial charge on any atom is 0.334 e. The predicted octanol–water partition coefficient (Wildman–Crippen LogP) is 1.38. The van der Waals surface area contributed by atoms with Gasteiger partial charge in [-0.15, -0.1) is 0 Å². The first-order valence-electron chi connectivity index (χ1n) is 5.97. The van der Waals surface area contributed by atoms with E-state index < -0.39 is 17.9 Å². The second-order valence-electron chi connectivity index (χ2n) is 3.80. The largest absolute Gasteiger partial charge is 0.469 e. The van der Waals surface area contributed by atoms with E-state index in [1.165, 1.54) is 21.3 Å². The van der Waals surface area contributed by atoms with Crippen LogP contribution in [0.5, 0.6) is 0 Å². The van der Waals surface area contributed by atoms with Crippen molar-refractivity contribution in [3.8, 4) is 0 Å². The highest BCUT2D eigenvalue weighted by Crippen LogP contribution is 2.19. The maximum atomic E-state index is 11.7. The Morgan fingerprint density at radius 1 is 0.842 bits per heavy atom. The molecule has 0 aliphatic carbocycles. The van der Waals surface area contributed by atoms with Crippen LogP contribution < -0.4 is 0 Å². The summed E-state index contributed by atoms with van der Waals surface area (Å²) in [6, 6.07) is 0. The molecule has 6 nitrogen and oxygen atoms in total. The van der Waals surface area contributed by atoms with E-state index in [0.29, 0.717) is 12.8 Å². The smallest absolute Gasteiger partial charge is 0.334 e. The second kappa shape index (κ2) is 9.13. The molecule has 0 aliphatic heterocycles. The third-order valence-corrected chi connectivity index (χ3v) is 2.56. The van der Waals surface area contributed by atoms with Crippen LogP contribution in [0.2, 0.25) is 0 Å². The fourth-order valence-corrected chi connectivity index (χ4v) is 1.49. The molecule has 0 spiro atoms. The van der Waals surface area contributed by atoms with Gasteiger partial charge in [-0.1, -0.05) is 13.3 Å². The van der Waals surface area contributed by atoms with Crippen LogP contribution in [-0.2, 0) is 28.6 Å². The van der Waals surface area contributed by atoms with Crippen LogP contribution >= 0.6 is 0 Å². The summed E-state index contributed by atoms with van der Waals surface area (Å²) in [6.45, 7) is 1.95. The van der Waals surface area contributed by atoms with E-state index in [4.69, 9.17) is 0 Å². The lowest BCUT2D eigenvalue weighted by atomic mass is 10.00. The molecule has 0 aromatic heterocycles. The Balaban J connectivity index is 5.46. The molecule has 0 aromatic rings. The Hall–Kier alpha value is -1.85. The second-order valence-corrected chi connectivity index (χ2v) is 3.80. The lowest BCUT2D eigenvalue weighted by Crippen LogP contribution is -2.18. The average Bonchev–Trinajstić information content (AvgIpc) is 2.44. The van der Waals surface area contributed by atoms with Gasteiger partial charge in [-0.25, -0.2) is 9.59 Å². The summed E-state index contributed by atoms with van der Waals surface area (Å²) in [7, 11) is 3.62. The zero-order valence-corrected chi connectivity index (χ0v) is 11.8. The number of methoxy groups -OCH3 is 3. The summed E-state index contributed by atoms with van der Waals surface area (Å²) in [4.78, 5) is 34.7. The van der Waals surface area contributed by atoms with Crippen LogP contribution in [0.25, 0.3) is 0 Å². The van der Waals surface area contributed by atoms with Crippen molar-refractivity contribution in [2.24, 2.45) is 0 Å². The third kappa shape index (κ3) is 5.54. The molecule has 0 unspecified atom stereocenters. The Morgan fingerprint density at radius 2 is 1.37 bits per heavy atom. The first-order valence-corrected chi connectivity index (χ1v) is 5.97. The van der Waals surface area contributed by atoms with Crippen LogP contribution in [-0.4, -0.2) is 39.2 Å². The highest BCUT2D eigenvalue weighted by molar-refractivity contribution is 6.03. The molecule has 6 heteroatoms. The lowest BCUT2D eigenvalue weighted by molar-refractivity contribution is -0.143. The minimum absolute atomic E-state index is 0.00495. The Morgan fingerprint density at radius 3 is 1.79 bits per heavy atom.